The number of aromatic nitrogens is 2. The molecule has 1 N–H and O–H groups in total. The van der Waals surface area contributed by atoms with E-state index in [1.165, 1.54) is 6.20 Å². The van der Waals surface area contributed by atoms with Gasteiger partial charge in [0.2, 0.25) is 0 Å². The lowest BCUT2D eigenvalue weighted by molar-refractivity contribution is -0.262. The van der Waals surface area contributed by atoms with Gasteiger partial charge < -0.3 is 33.7 Å². The van der Waals surface area contributed by atoms with Crippen molar-refractivity contribution < 1.29 is 48.0 Å². The van der Waals surface area contributed by atoms with Gasteiger partial charge in [0.1, 0.15) is 29.1 Å². The molecule has 15 heteroatoms. The van der Waals surface area contributed by atoms with E-state index < -0.39 is 71.0 Å². The number of carbonyl (C=O) groups excluding carboxylic acids is 4. The van der Waals surface area contributed by atoms with Crippen LogP contribution < -0.4 is 0 Å². The molecular formula is C43H61N5O10. The second-order valence-corrected chi connectivity index (χ2v) is 18.2. The molecule has 0 radical (unpaired) electrons. The van der Waals surface area contributed by atoms with Crippen molar-refractivity contribution >= 4 is 34.5 Å². The highest BCUT2D eigenvalue weighted by molar-refractivity contribution is 6.00. The van der Waals surface area contributed by atoms with Crippen molar-refractivity contribution in [1.82, 2.24) is 24.7 Å². The normalized spacial score (nSPS) is 39.2. The Hall–Kier alpha value is -3.76. The molecule has 6 heterocycles. The van der Waals surface area contributed by atoms with Crippen LogP contribution >= 0.6 is 0 Å². The van der Waals surface area contributed by atoms with Crippen molar-refractivity contribution in [3.8, 4) is 5.75 Å². The molecule has 0 unspecified atom stereocenters. The monoisotopic (exact) mass is 807 g/mol. The SMILES string of the molecule is CC[C@H]1OC(=O)[C@H](C)C(=O)[C@H](C)[C@@H](O[C@H]2C[C@@H](N(C)C)C[C@@H](C)O2)[C@](C)(OC)C[C@@H](C)C(=O)[C@@H]2C[C@]23N(C2CN(Cc4c(O)cnc5ccncc45)C2)C(=O)O[C@]13C. The summed E-state index contributed by atoms with van der Waals surface area (Å²) in [6, 6.07) is 1.67. The van der Waals surface area contributed by atoms with Gasteiger partial charge >= 0.3 is 12.1 Å². The van der Waals surface area contributed by atoms with Crippen LogP contribution in [0.1, 0.15) is 86.1 Å². The van der Waals surface area contributed by atoms with E-state index in [0.717, 1.165) is 11.8 Å². The Bertz CT molecular complexity index is 1920. The van der Waals surface area contributed by atoms with Gasteiger partial charge in [-0.2, -0.15) is 0 Å². The van der Waals surface area contributed by atoms with Gasteiger partial charge in [0.05, 0.1) is 35.6 Å². The van der Waals surface area contributed by atoms with Crippen LogP contribution in [-0.4, -0.2) is 141 Å². The largest absolute Gasteiger partial charge is 0.506 e. The number of hydrogen-bond acceptors (Lipinski definition) is 14. The average Bonchev–Trinajstić information content (AvgIpc) is 3.88. The van der Waals surface area contributed by atoms with Crippen molar-refractivity contribution in [2.45, 2.75) is 141 Å². The summed E-state index contributed by atoms with van der Waals surface area (Å²) in [6.07, 6.45) is 3.88. The van der Waals surface area contributed by atoms with E-state index in [1.807, 2.05) is 41.8 Å². The lowest BCUT2D eigenvalue weighted by Crippen LogP contribution is -2.65. The number of Topliss-reactive ketones (excluding diaryl/α,β-unsaturated/α-hetero) is 2. The minimum absolute atomic E-state index is 0.0609. The highest BCUT2D eigenvalue weighted by Crippen LogP contribution is 2.64. The predicted molar refractivity (Wildman–Crippen MR) is 211 cm³/mol. The molecule has 7 rings (SSSR count). The summed E-state index contributed by atoms with van der Waals surface area (Å²) < 4.78 is 31.8. The lowest BCUT2D eigenvalue weighted by Gasteiger charge is -2.48. The fourth-order valence-corrected chi connectivity index (χ4v) is 10.6. The van der Waals surface area contributed by atoms with E-state index in [0.29, 0.717) is 43.6 Å². The molecular weight excluding hydrogens is 746 g/mol. The molecule has 4 saturated heterocycles. The Kier molecular flexibility index (Phi) is 11.5. The molecule has 1 saturated carbocycles. The molecule has 2 aromatic rings. The first kappa shape index (κ1) is 42.4. The van der Waals surface area contributed by atoms with Gasteiger partial charge in [0.15, 0.2) is 17.7 Å². The zero-order chi connectivity index (χ0) is 42.1. The zero-order valence-electron chi connectivity index (χ0n) is 35.6. The number of ketones is 2. The molecule has 2 aromatic heterocycles. The third-order valence-corrected chi connectivity index (χ3v) is 14.2. The van der Waals surface area contributed by atoms with Gasteiger partial charge in [-0.3, -0.25) is 34.2 Å². The van der Waals surface area contributed by atoms with Crippen molar-refractivity contribution in [3.63, 3.8) is 0 Å². The van der Waals surface area contributed by atoms with E-state index in [9.17, 15) is 24.3 Å². The van der Waals surface area contributed by atoms with Crippen molar-refractivity contribution in [1.29, 1.82) is 0 Å². The summed E-state index contributed by atoms with van der Waals surface area (Å²) in [5.74, 6) is -4.29. The third-order valence-electron chi connectivity index (χ3n) is 14.2. The van der Waals surface area contributed by atoms with E-state index >= 15 is 0 Å². The fraction of sp³-hybridized carbons (Fsp3) is 0.721. The van der Waals surface area contributed by atoms with Crippen molar-refractivity contribution in [2.75, 3.05) is 34.3 Å². The summed E-state index contributed by atoms with van der Waals surface area (Å²) in [4.78, 5) is 72.0. The molecule has 58 heavy (non-hydrogen) atoms. The smallest absolute Gasteiger partial charge is 0.411 e. The number of likely N-dealkylation sites (tertiary alicyclic amines) is 1. The maximum atomic E-state index is 14.9. The zero-order valence-corrected chi connectivity index (χ0v) is 35.6. The second kappa shape index (κ2) is 15.7. The number of esters is 1. The van der Waals surface area contributed by atoms with Crippen LogP contribution in [0.2, 0.25) is 0 Å². The third kappa shape index (κ3) is 7.07. The fourth-order valence-electron chi connectivity index (χ4n) is 10.6. The van der Waals surface area contributed by atoms with Crippen LogP contribution in [0.4, 0.5) is 4.79 Å². The highest BCUT2D eigenvalue weighted by atomic mass is 16.7. The molecule has 318 valence electrons. The Morgan fingerprint density at radius 1 is 1.02 bits per heavy atom. The van der Waals surface area contributed by atoms with Gasteiger partial charge in [0, 0.05) is 80.3 Å². The average molecular weight is 808 g/mol. The number of cyclic esters (lactones) is 1. The minimum atomic E-state index is -1.38. The van der Waals surface area contributed by atoms with Gasteiger partial charge in [0.25, 0.3) is 0 Å². The summed E-state index contributed by atoms with van der Waals surface area (Å²) in [7, 11) is 5.59. The number of rotatable bonds is 8. The molecule has 5 aliphatic rings. The van der Waals surface area contributed by atoms with E-state index in [-0.39, 0.29) is 48.3 Å². The highest BCUT2D eigenvalue weighted by Gasteiger charge is 2.81. The van der Waals surface area contributed by atoms with E-state index in [4.69, 9.17) is 23.7 Å². The quantitative estimate of drug-likeness (QED) is 0.292. The first-order valence-electron chi connectivity index (χ1n) is 20.8. The molecule has 4 aliphatic heterocycles. The standard InChI is InChI=1S/C43H61N5O10/c1-11-34-42(7)43(48(40(53)58-42)28-20-47(21-28)22-30-29-18-44-13-12-32(29)45-19-33(30)49)17-31(43)36(50)23(2)16-41(6,54-10)38(25(4)37(51)26(5)39(52)56-34)57-35-15-27(46(8)9)14-24(3)55-35/h12-13,18-19,23-28,31,34-35,38,49H,11,14-17,20-22H2,1-10H3/t23-,24-,25+,26-,27+,31+,34-,35+,38-,41-,42-,43+/m1/s1. The van der Waals surface area contributed by atoms with Crippen molar-refractivity contribution in [2.24, 2.45) is 23.7 Å². The Labute approximate surface area is 341 Å². The number of methoxy groups -OCH3 is 1. The Balaban J connectivity index is 1.20. The van der Waals surface area contributed by atoms with Gasteiger partial charge in [-0.15, -0.1) is 0 Å². The molecule has 15 nitrogen and oxygen atoms in total. The number of hydrogen-bond donors (Lipinski definition) is 1. The topological polar surface area (TPSA) is 170 Å². The number of aromatic hydroxyl groups is 1. The lowest BCUT2D eigenvalue weighted by atomic mass is 9.76. The van der Waals surface area contributed by atoms with Gasteiger partial charge in [-0.05, 0) is 73.5 Å². The minimum Gasteiger partial charge on any atom is -0.506 e. The van der Waals surface area contributed by atoms with E-state index in [2.05, 4.69) is 19.8 Å². The first-order chi connectivity index (χ1) is 27.4. The summed E-state index contributed by atoms with van der Waals surface area (Å²) in [6.45, 7) is 13.9. The Morgan fingerprint density at radius 3 is 2.41 bits per heavy atom. The molecule has 1 spiro atoms. The van der Waals surface area contributed by atoms with E-state index in [1.54, 1.807) is 51.2 Å². The van der Waals surface area contributed by atoms with Gasteiger partial charge in [-0.1, -0.05) is 20.8 Å². The number of fused-ring (bicyclic) bond motifs is 1. The number of ether oxygens (including phenoxy) is 5. The van der Waals surface area contributed by atoms with Crippen LogP contribution in [0, 0.1) is 23.7 Å². The predicted octanol–water partition coefficient (Wildman–Crippen LogP) is 4.51. The number of carbonyl (C=O) groups is 4. The van der Waals surface area contributed by atoms with Crippen molar-refractivity contribution in [3.05, 3.63) is 30.2 Å². The Morgan fingerprint density at radius 2 is 1.74 bits per heavy atom. The molecule has 5 fully saturated rings. The van der Waals surface area contributed by atoms with Crippen LogP contribution in [0.25, 0.3) is 10.9 Å². The van der Waals surface area contributed by atoms with Crippen LogP contribution in [0.3, 0.4) is 0 Å². The van der Waals surface area contributed by atoms with Crippen LogP contribution in [-0.2, 0) is 44.6 Å². The van der Waals surface area contributed by atoms with Gasteiger partial charge in [-0.25, -0.2) is 4.79 Å². The van der Waals surface area contributed by atoms with Crippen LogP contribution in [0.15, 0.2) is 24.7 Å². The number of amides is 1. The molecule has 0 aromatic carbocycles. The second-order valence-electron chi connectivity index (χ2n) is 18.2. The maximum absolute atomic E-state index is 14.9. The summed E-state index contributed by atoms with van der Waals surface area (Å²) >= 11 is 0. The molecule has 12 atom stereocenters. The molecule has 1 amide bonds. The maximum Gasteiger partial charge on any atom is 0.411 e. The van der Waals surface area contributed by atoms with Crippen LogP contribution in [0.5, 0.6) is 5.75 Å². The summed E-state index contributed by atoms with van der Waals surface area (Å²) in [5, 5.41) is 11.5. The first-order valence-corrected chi connectivity index (χ1v) is 20.8. The number of pyridine rings is 2. The summed E-state index contributed by atoms with van der Waals surface area (Å²) in [5.41, 5.74) is -2.22. The number of nitrogens with zero attached hydrogens (tertiary/aromatic N) is 5. The molecule has 1 aliphatic carbocycles. The molecule has 0 bridgehead atoms.